The van der Waals surface area contributed by atoms with Gasteiger partial charge in [-0.15, -0.1) is 0 Å². The maximum absolute atomic E-state index is 12.7. The molecule has 0 aliphatic carbocycles. The summed E-state index contributed by atoms with van der Waals surface area (Å²) >= 11 is 0. The van der Waals surface area contributed by atoms with Crippen LogP contribution in [0.1, 0.15) is 30.1 Å². The summed E-state index contributed by atoms with van der Waals surface area (Å²) in [6.07, 6.45) is 4.76. The predicted molar refractivity (Wildman–Crippen MR) is 92.3 cm³/mol. The van der Waals surface area contributed by atoms with Crippen molar-refractivity contribution >= 4 is 17.5 Å². The van der Waals surface area contributed by atoms with Crippen LogP contribution in [0, 0.1) is 0 Å². The second-order valence-electron chi connectivity index (χ2n) is 5.94. The number of anilines is 1. The van der Waals surface area contributed by atoms with Gasteiger partial charge in [0.15, 0.2) is 0 Å². The third kappa shape index (κ3) is 4.53. The van der Waals surface area contributed by atoms with Crippen LogP contribution in [0.25, 0.3) is 0 Å². The zero-order valence-corrected chi connectivity index (χ0v) is 14.0. The molecule has 0 radical (unpaired) electrons. The molecule has 1 aliphatic heterocycles. The van der Waals surface area contributed by atoms with Crippen LogP contribution < -0.4 is 10.1 Å². The van der Waals surface area contributed by atoms with Crippen molar-refractivity contribution in [2.45, 2.75) is 25.9 Å². The van der Waals surface area contributed by atoms with E-state index in [1.165, 1.54) is 13.3 Å². The first-order valence-electron chi connectivity index (χ1n) is 8.21. The van der Waals surface area contributed by atoms with E-state index in [0.717, 1.165) is 12.8 Å². The molecule has 1 saturated heterocycles. The van der Waals surface area contributed by atoms with E-state index in [0.29, 0.717) is 30.2 Å². The van der Waals surface area contributed by atoms with Crippen molar-refractivity contribution in [1.29, 1.82) is 0 Å². The number of hydrogen-bond acceptors (Lipinski definition) is 5. The second kappa shape index (κ2) is 7.74. The van der Waals surface area contributed by atoms with Crippen LogP contribution in [0.4, 0.5) is 5.69 Å². The molecule has 2 heterocycles. The van der Waals surface area contributed by atoms with Crippen molar-refractivity contribution in [3.63, 3.8) is 0 Å². The van der Waals surface area contributed by atoms with Gasteiger partial charge in [0, 0.05) is 37.0 Å². The number of ether oxygens (including phenoxy) is 1. The minimum atomic E-state index is -0.139. The number of carbonyl (C=O) groups is 2. The standard InChI is InChI=1S/C18H20N4O3/c1-13(23)21-15-6-4-14(5-7-15)18(24)22-10-2-3-16(11-22)25-17-8-9-19-12-20-17/h4-9,12,16H,2-3,10-11H2,1H3,(H,21,23). The Balaban J connectivity index is 1.62. The topological polar surface area (TPSA) is 84.4 Å². The molecule has 0 spiro atoms. The highest BCUT2D eigenvalue weighted by Crippen LogP contribution is 2.19. The highest BCUT2D eigenvalue weighted by Gasteiger charge is 2.26. The maximum Gasteiger partial charge on any atom is 0.253 e. The van der Waals surface area contributed by atoms with Crippen molar-refractivity contribution in [2.24, 2.45) is 0 Å². The Labute approximate surface area is 146 Å². The number of amides is 2. The minimum Gasteiger partial charge on any atom is -0.472 e. The van der Waals surface area contributed by atoms with Crippen molar-refractivity contribution in [2.75, 3.05) is 18.4 Å². The molecule has 2 amide bonds. The van der Waals surface area contributed by atoms with Gasteiger partial charge in [-0.05, 0) is 37.1 Å². The smallest absolute Gasteiger partial charge is 0.253 e. The van der Waals surface area contributed by atoms with Crippen LogP contribution in [0.3, 0.4) is 0 Å². The molecule has 3 rings (SSSR count). The Morgan fingerprint density at radius 3 is 2.72 bits per heavy atom. The number of nitrogens with one attached hydrogen (secondary N) is 1. The Bertz CT molecular complexity index is 734. The number of rotatable bonds is 4. The molecule has 25 heavy (non-hydrogen) atoms. The van der Waals surface area contributed by atoms with E-state index in [1.54, 1.807) is 41.4 Å². The summed E-state index contributed by atoms with van der Waals surface area (Å²) in [6.45, 7) is 2.68. The average molecular weight is 340 g/mol. The van der Waals surface area contributed by atoms with Crippen molar-refractivity contribution in [3.05, 3.63) is 48.4 Å². The number of piperidine rings is 1. The Hall–Kier alpha value is -2.96. The number of likely N-dealkylation sites (tertiary alicyclic amines) is 1. The van der Waals surface area contributed by atoms with Crippen LogP contribution in [0.2, 0.25) is 0 Å². The quantitative estimate of drug-likeness (QED) is 0.921. The summed E-state index contributed by atoms with van der Waals surface area (Å²) in [6, 6.07) is 8.62. The second-order valence-corrected chi connectivity index (χ2v) is 5.94. The van der Waals surface area contributed by atoms with E-state index < -0.39 is 0 Å². The zero-order chi connectivity index (χ0) is 17.6. The van der Waals surface area contributed by atoms with E-state index in [2.05, 4.69) is 15.3 Å². The SMILES string of the molecule is CC(=O)Nc1ccc(C(=O)N2CCCC(Oc3ccncn3)C2)cc1. The lowest BCUT2D eigenvalue weighted by molar-refractivity contribution is -0.114. The van der Waals surface area contributed by atoms with Crippen LogP contribution in [0.15, 0.2) is 42.9 Å². The van der Waals surface area contributed by atoms with E-state index in [1.807, 2.05) is 0 Å². The number of benzene rings is 1. The lowest BCUT2D eigenvalue weighted by Crippen LogP contribution is -2.44. The normalized spacial score (nSPS) is 17.0. The van der Waals surface area contributed by atoms with Gasteiger partial charge < -0.3 is 15.0 Å². The summed E-state index contributed by atoms with van der Waals surface area (Å²) < 4.78 is 5.84. The average Bonchev–Trinajstić information content (AvgIpc) is 2.62. The largest absolute Gasteiger partial charge is 0.472 e. The highest BCUT2D eigenvalue weighted by molar-refractivity contribution is 5.95. The fraction of sp³-hybridized carbons (Fsp3) is 0.333. The molecule has 130 valence electrons. The first kappa shape index (κ1) is 16.9. The van der Waals surface area contributed by atoms with Gasteiger partial charge in [-0.25, -0.2) is 9.97 Å². The Morgan fingerprint density at radius 2 is 2.04 bits per heavy atom. The molecule has 2 aromatic rings. The highest BCUT2D eigenvalue weighted by atomic mass is 16.5. The monoisotopic (exact) mass is 340 g/mol. The molecule has 1 aromatic heterocycles. The van der Waals surface area contributed by atoms with Crippen molar-refractivity contribution < 1.29 is 14.3 Å². The molecule has 0 saturated carbocycles. The predicted octanol–water partition coefficient (Wildman–Crippen LogP) is 2.12. The third-order valence-corrected chi connectivity index (χ3v) is 3.96. The van der Waals surface area contributed by atoms with Gasteiger partial charge in [0.1, 0.15) is 12.4 Å². The van der Waals surface area contributed by atoms with Gasteiger partial charge in [-0.3, -0.25) is 9.59 Å². The number of aromatic nitrogens is 2. The van der Waals surface area contributed by atoms with Crippen LogP contribution in [-0.2, 0) is 4.79 Å². The fourth-order valence-electron chi connectivity index (χ4n) is 2.82. The number of carbonyl (C=O) groups excluding carboxylic acids is 2. The van der Waals surface area contributed by atoms with Crippen LogP contribution in [0.5, 0.6) is 5.88 Å². The van der Waals surface area contributed by atoms with Crippen molar-refractivity contribution in [1.82, 2.24) is 14.9 Å². The van der Waals surface area contributed by atoms with Gasteiger partial charge >= 0.3 is 0 Å². The molecule has 1 aliphatic rings. The van der Waals surface area contributed by atoms with Gasteiger partial charge in [0.05, 0.1) is 6.54 Å². The summed E-state index contributed by atoms with van der Waals surface area (Å²) in [5, 5.41) is 2.69. The molecular weight excluding hydrogens is 320 g/mol. The van der Waals surface area contributed by atoms with Gasteiger partial charge in [0.25, 0.3) is 5.91 Å². The minimum absolute atomic E-state index is 0.0367. The van der Waals surface area contributed by atoms with Gasteiger partial charge in [-0.2, -0.15) is 0 Å². The Kier molecular flexibility index (Phi) is 5.23. The number of nitrogens with zero attached hydrogens (tertiary/aromatic N) is 3. The molecule has 1 atom stereocenters. The van der Waals surface area contributed by atoms with E-state index in [-0.39, 0.29) is 17.9 Å². The summed E-state index contributed by atoms with van der Waals surface area (Å²) in [5.74, 6) is 0.346. The number of hydrogen-bond donors (Lipinski definition) is 1. The molecule has 1 unspecified atom stereocenters. The molecule has 1 fully saturated rings. The summed E-state index contributed by atoms with van der Waals surface area (Å²) in [5.41, 5.74) is 1.27. The fourth-order valence-corrected chi connectivity index (χ4v) is 2.82. The third-order valence-electron chi connectivity index (χ3n) is 3.96. The summed E-state index contributed by atoms with van der Waals surface area (Å²) in [4.78, 5) is 33.5. The lowest BCUT2D eigenvalue weighted by Gasteiger charge is -2.32. The van der Waals surface area contributed by atoms with Gasteiger partial charge in [0.2, 0.25) is 11.8 Å². The molecule has 7 heteroatoms. The van der Waals surface area contributed by atoms with E-state index in [9.17, 15) is 9.59 Å². The summed E-state index contributed by atoms with van der Waals surface area (Å²) in [7, 11) is 0. The van der Waals surface area contributed by atoms with Crippen LogP contribution in [-0.4, -0.2) is 45.9 Å². The maximum atomic E-state index is 12.7. The van der Waals surface area contributed by atoms with E-state index >= 15 is 0 Å². The Morgan fingerprint density at radius 1 is 1.24 bits per heavy atom. The van der Waals surface area contributed by atoms with Gasteiger partial charge in [-0.1, -0.05) is 0 Å². The van der Waals surface area contributed by atoms with Crippen molar-refractivity contribution in [3.8, 4) is 5.88 Å². The first-order chi connectivity index (χ1) is 12.1. The molecule has 1 aromatic carbocycles. The van der Waals surface area contributed by atoms with E-state index in [4.69, 9.17) is 4.74 Å². The molecular formula is C18H20N4O3. The van der Waals surface area contributed by atoms with Crippen LogP contribution >= 0.6 is 0 Å². The molecule has 7 nitrogen and oxygen atoms in total. The lowest BCUT2D eigenvalue weighted by atomic mass is 10.1. The zero-order valence-electron chi connectivity index (χ0n) is 14.0. The molecule has 1 N–H and O–H groups in total. The first-order valence-corrected chi connectivity index (χ1v) is 8.21. The molecule has 0 bridgehead atoms.